The molecule has 0 aliphatic carbocycles. The summed E-state index contributed by atoms with van der Waals surface area (Å²) in [6.45, 7) is 4.82. The van der Waals surface area contributed by atoms with E-state index in [-0.39, 0.29) is 18.5 Å². The van der Waals surface area contributed by atoms with Gasteiger partial charge in [0.2, 0.25) is 5.91 Å². The molecule has 0 aliphatic rings. The van der Waals surface area contributed by atoms with Crippen LogP contribution in [0.1, 0.15) is 284 Å². The van der Waals surface area contributed by atoms with Gasteiger partial charge in [-0.3, -0.25) is 9.59 Å². The maximum atomic E-state index is 12.4. The van der Waals surface area contributed by atoms with Gasteiger partial charge in [-0.1, -0.05) is 242 Å². The first kappa shape index (κ1) is 63.6. The lowest BCUT2D eigenvalue weighted by Gasteiger charge is -2.20. The highest BCUT2D eigenvalue weighted by Crippen LogP contribution is 2.15. The van der Waals surface area contributed by atoms with Crippen LogP contribution in [0.4, 0.5) is 0 Å². The molecular formula is C60H109NO5. The highest BCUT2D eigenvalue weighted by atomic mass is 16.5. The Kier molecular flexibility index (Phi) is 53.1. The first-order chi connectivity index (χ1) is 32.5. The Bertz CT molecular complexity index is 1160. The fourth-order valence-electron chi connectivity index (χ4n) is 8.33. The van der Waals surface area contributed by atoms with E-state index in [9.17, 15) is 19.8 Å². The Hall–Kier alpha value is -2.44. The summed E-state index contributed by atoms with van der Waals surface area (Å²) >= 11 is 0. The molecule has 66 heavy (non-hydrogen) atoms. The van der Waals surface area contributed by atoms with Gasteiger partial charge in [-0.05, 0) is 89.9 Å². The molecule has 0 aliphatic heterocycles. The van der Waals surface area contributed by atoms with E-state index < -0.39 is 12.1 Å². The van der Waals surface area contributed by atoms with E-state index in [2.05, 4.69) is 67.8 Å². The zero-order valence-electron chi connectivity index (χ0n) is 43.7. The van der Waals surface area contributed by atoms with Gasteiger partial charge in [-0.2, -0.15) is 0 Å². The van der Waals surface area contributed by atoms with Crippen molar-refractivity contribution in [1.82, 2.24) is 5.32 Å². The third kappa shape index (κ3) is 51.0. The molecule has 0 heterocycles. The number of unbranched alkanes of at least 4 members (excludes halogenated alkanes) is 33. The zero-order valence-corrected chi connectivity index (χ0v) is 43.7. The lowest BCUT2D eigenvalue weighted by molar-refractivity contribution is -0.143. The van der Waals surface area contributed by atoms with Crippen molar-refractivity contribution in [2.75, 3.05) is 13.2 Å². The maximum absolute atomic E-state index is 12.4. The average Bonchev–Trinajstić information content (AvgIpc) is 3.32. The number of amides is 1. The fraction of sp³-hybridized carbons (Fsp3) is 0.800. The second-order valence-corrected chi connectivity index (χ2v) is 19.3. The van der Waals surface area contributed by atoms with Gasteiger partial charge in [-0.15, -0.1) is 0 Å². The molecule has 0 fully saturated rings. The number of hydrogen-bond acceptors (Lipinski definition) is 5. The van der Waals surface area contributed by atoms with Crippen LogP contribution in [0, 0.1) is 0 Å². The normalized spacial score (nSPS) is 13.1. The molecule has 0 rings (SSSR count). The summed E-state index contributed by atoms with van der Waals surface area (Å²) in [6.07, 6.45) is 71.1. The molecule has 0 bridgehead atoms. The van der Waals surface area contributed by atoms with Crippen LogP contribution in [-0.4, -0.2) is 47.4 Å². The van der Waals surface area contributed by atoms with E-state index in [0.29, 0.717) is 19.4 Å². The minimum Gasteiger partial charge on any atom is -0.466 e. The van der Waals surface area contributed by atoms with E-state index in [1.54, 1.807) is 6.08 Å². The summed E-state index contributed by atoms with van der Waals surface area (Å²) in [5.74, 6) is -0.0845. The van der Waals surface area contributed by atoms with E-state index in [1.165, 1.54) is 193 Å². The standard InChI is InChI=1S/C60H109NO5/c1-3-5-7-9-11-13-15-16-31-34-38-42-46-50-54-60(65)66-55-51-47-43-39-35-32-29-27-25-23-21-19-17-18-20-22-24-26-28-30-33-37-41-45-49-53-59(64)61-57(56-62)58(63)52-48-44-40-36-14-12-10-8-6-4-2/h9,11,15-16,18-21,48,52,57-58,62-63H,3-8,10,12-14,17,22-47,49-51,53-56H2,1-2H3,(H,61,64)/b11-9-,16-15-,20-18-,21-19-,52-48+. The Labute approximate surface area is 409 Å². The lowest BCUT2D eigenvalue weighted by atomic mass is 10.0. The number of allylic oxidation sites excluding steroid dienone is 9. The summed E-state index contributed by atoms with van der Waals surface area (Å²) in [4.78, 5) is 24.4. The minimum atomic E-state index is -0.847. The van der Waals surface area contributed by atoms with Crippen molar-refractivity contribution in [3.63, 3.8) is 0 Å². The van der Waals surface area contributed by atoms with E-state index in [4.69, 9.17) is 4.74 Å². The van der Waals surface area contributed by atoms with Crippen LogP contribution in [0.5, 0.6) is 0 Å². The van der Waals surface area contributed by atoms with Crippen LogP contribution in [-0.2, 0) is 14.3 Å². The summed E-state index contributed by atoms with van der Waals surface area (Å²) in [6, 6.07) is -0.632. The van der Waals surface area contributed by atoms with Gasteiger partial charge < -0.3 is 20.3 Å². The third-order valence-electron chi connectivity index (χ3n) is 12.8. The number of nitrogens with one attached hydrogen (secondary N) is 1. The average molecular weight is 925 g/mol. The predicted octanol–water partition coefficient (Wildman–Crippen LogP) is 17.6. The van der Waals surface area contributed by atoms with Crippen molar-refractivity contribution in [1.29, 1.82) is 0 Å². The van der Waals surface area contributed by atoms with Crippen molar-refractivity contribution >= 4 is 11.9 Å². The lowest BCUT2D eigenvalue weighted by Crippen LogP contribution is -2.45. The number of aliphatic hydroxyl groups is 2. The Morgan fingerprint density at radius 3 is 1.20 bits per heavy atom. The molecule has 0 spiro atoms. The van der Waals surface area contributed by atoms with Crippen molar-refractivity contribution in [2.24, 2.45) is 0 Å². The highest BCUT2D eigenvalue weighted by molar-refractivity contribution is 5.76. The summed E-state index contributed by atoms with van der Waals surface area (Å²) in [5.41, 5.74) is 0. The number of hydrogen-bond donors (Lipinski definition) is 3. The SMILES string of the molecule is CCCC/C=C\C/C=C\CCCCCCCC(=O)OCCCCCCCCCCC/C=C\C/C=C\CCCCCCCCCCCC(=O)NC(CO)C(O)/C=C/CCCCCCCCCC. The molecule has 384 valence electrons. The molecule has 3 N–H and O–H groups in total. The molecular weight excluding hydrogens is 815 g/mol. The molecule has 0 aromatic carbocycles. The monoisotopic (exact) mass is 924 g/mol. The number of carbonyl (C=O) groups is 2. The molecule has 1 amide bonds. The topological polar surface area (TPSA) is 95.9 Å². The number of carbonyl (C=O) groups excluding carboxylic acids is 2. The first-order valence-electron chi connectivity index (χ1n) is 28.6. The van der Waals surface area contributed by atoms with Gasteiger partial charge in [0, 0.05) is 12.8 Å². The van der Waals surface area contributed by atoms with Gasteiger partial charge in [-0.25, -0.2) is 0 Å². The van der Waals surface area contributed by atoms with Crippen LogP contribution in [0.25, 0.3) is 0 Å². The Balaban J connectivity index is 3.45. The predicted molar refractivity (Wildman–Crippen MR) is 287 cm³/mol. The summed E-state index contributed by atoms with van der Waals surface area (Å²) in [7, 11) is 0. The number of esters is 1. The Morgan fingerprint density at radius 2 is 0.773 bits per heavy atom. The second-order valence-electron chi connectivity index (χ2n) is 19.3. The van der Waals surface area contributed by atoms with Gasteiger partial charge in [0.05, 0.1) is 25.4 Å². The van der Waals surface area contributed by atoms with Crippen LogP contribution >= 0.6 is 0 Å². The highest BCUT2D eigenvalue weighted by Gasteiger charge is 2.18. The van der Waals surface area contributed by atoms with Gasteiger partial charge in [0.15, 0.2) is 0 Å². The van der Waals surface area contributed by atoms with Crippen LogP contribution in [0.3, 0.4) is 0 Å². The quantitative estimate of drug-likeness (QED) is 0.0321. The maximum Gasteiger partial charge on any atom is 0.305 e. The van der Waals surface area contributed by atoms with Crippen molar-refractivity contribution in [3.8, 4) is 0 Å². The molecule has 0 saturated carbocycles. The van der Waals surface area contributed by atoms with Gasteiger partial charge >= 0.3 is 5.97 Å². The van der Waals surface area contributed by atoms with Crippen molar-refractivity contribution in [2.45, 2.75) is 296 Å². The van der Waals surface area contributed by atoms with E-state index in [0.717, 1.165) is 64.2 Å². The fourth-order valence-corrected chi connectivity index (χ4v) is 8.33. The van der Waals surface area contributed by atoms with Crippen molar-refractivity contribution in [3.05, 3.63) is 60.8 Å². The molecule has 6 heteroatoms. The molecule has 6 nitrogen and oxygen atoms in total. The van der Waals surface area contributed by atoms with Crippen LogP contribution in [0.15, 0.2) is 60.8 Å². The zero-order chi connectivity index (χ0) is 47.9. The minimum absolute atomic E-state index is 0.00714. The first-order valence-corrected chi connectivity index (χ1v) is 28.6. The summed E-state index contributed by atoms with van der Waals surface area (Å²) < 4.78 is 5.46. The molecule has 0 saturated heterocycles. The van der Waals surface area contributed by atoms with Crippen LogP contribution < -0.4 is 5.32 Å². The molecule has 0 radical (unpaired) electrons. The van der Waals surface area contributed by atoms with Crippen molar-refractivity contribution < 1.29 is 24.5 Å². The number of aliphatic hydroxyl groups excluding tert-OH is 2. The van der Waals surface area contributed by atoms with Crippen LogP contribution in [0.2, 0.25) is 0 Å². The largest absolute Gasteiger partial charge is 0.466 e. The molecule has 2 atom stereocenters. The van der Waals surface area contributed by atoms with E-state index in [1.807, 2.05) is 6.08 Å². The summed E-state index contributed by atoms with van der Waals surface area (Å²) in [5, 5.41) is 23.0. The Morgan fingerprint density at radius 1 is 0.424 bits per heavy atom. The smallest absolute Gasteiger partial charge is 0.305 e. The molecule has 0 aromatic heterocycles. The molecule has 2 unspecified atom stereocenters. The third-order valence-corrected chi connectivity index (χ3v) is 12.8. The number of ether oxygens (including phenoxy) is 1. The van der Waals surface area contributed by atoms with Gasteiger partial charge in [0.1, 0.15) is 0 Å². The van der Waals surface area contributed by atoms with Gasteiger partial charge in [0.25, 0.3) is 0 Å². The molecule has 0 aromatic rings. The number of rotatable bonds is 52. The van der Waals surface area contributed by atoms with E-state index >= 15 is 0 Å². The second kappa shape index (κ2) is 55.2.